The highest BCUT2D eigenvalue weighted by Crippen LogP contribution is 2.12. The van der Waals surface area contributed by atoms with Crippen LogP contribution in [0.5, 0.6) is 5.75 Å². The standard InChI is InChI=1S/C24H35N5O9/c1-12(2)20(29-21(34)15(25)7-10-19(32)33)23(36)27-16(8-9-18(26)31)22(35)28-17(24(37)38)11-13-3-5-14(30)6-4-13/h3-6,12,15-17,20,30H,7-11,25H2,1-2H3,(H2,26,31)(H,27,36)(H,28,35)(H,29,34)(H,32,33)(H,37,38). The van der Waals surface area contributed by atoms with E-state index in [-0.39, 0.29) is 37.9 Å². The molecule has 0 aliphatic carbocycles. The Morgan fingerprint density at radius 1 is 0.816 bits per heavy atom. The van der Waals surface area contributed by atoms with E-state index in [0.29, 0.717) is 5.56 Å². The molecule has 4 unspecified atom stereocenters. The summed E-state index contributed by atoms with van der Waals surface area (Å²) in [7, 11) is 0. The first kappa shape index (κ1) is 31.8. The summed E-state index contributed by atoms with van der Waals surface area (Å²) >= 11 is 0. The van der Waals surface area contributed by atoms with Crippen LogP contribution in [0, 0.1) is 5.92 Å². The fraction of sp³-hybridized carbons (Fsp3) is 0.500. The SMILES string of the molecule is CC(C)C(NC(=O)C(N)CCC(=O)O)C(=O)NC(CCC(N)=O)C(=O)NC(Cc1ccc(O)cc1)C(=O)O. The first-order valence-corrected chi connectivity index (χ1v) is 11.9. The Kier molecular flexibility index (Phi) is 12.7. The lowest BCUT2D eigenvalue weighted by Gasteiger charge is -2.27. The molecule has 0 aliphatic heterocycles. The van der Waals surface area contributed by atoms with Gasteiger partial charge >= 0.3 is 11.9 Å². The van der Waals surface area contributed by atoms with Gasteiger partial charge in [0.2, 0.25) is 23.6 Å². The number of amides is 4. The van der Waals surface area contributed by atoms with Gasteiger partial charge in [-0.25, -0.2) is 4.79 Å². The van der Waals surface area contributed by atoms with Gasteiger partial charge in [0.15, 0.2) is 0 Å². The zero-order valence-electron chi connectivity index (χ0n) is 21.2. The first-order chi connectivity index (χ1) is 17.7. The van der Waals surface area contributed by atoms with Crippen molar-refractivity contribution in [2.24, 2.45) is 17.4 Å². The third-order valence-corrected chi connectivity index (χ3v) is 5.56. The molecule has 1 aromatic carbocycles. The molecular weight excluding hydrogens is 502 g/mol. The van der Waals surface area contributed by atoms with E-state index in [4.69, 9.17) is 16.6 Å². The van der Waals surface area contributed by atoms with E-state index in [1.807, 2.05) is 0 Å². The summed E-state index contributed by atoms with van der Waals surface area (Å²) in [5.41, 5.74) is 11.4. The van der Waals surface area contributed by atoms with Crippen molar-refractivity contribution in [1.29, 1.82) is 0 Å². The normalized spacial score (nSPS) is 14.0. The number of primary amides is 1. The number of carboxylic acids is 2. The summed E-state index contributed by atoms with van der Waals surface area (Å²) in [5, 5.41) is 35.0. The zero-order chi connectivity index (χ0) is 29.0. The molecule has 0 aromatic heterocycles. The number of aliphatic carboxylic acids is 2. The fourth-order valence-electron chi connectivity index (χ4n) is 3.36. The van der Waals surface area contributed by atoms with E-state index < -0.39 is 65.7 Å². The van der Waals surface area contributed by atoms with E-state index in [2.05, 4.69) is 16.0 Å². The van der Waals surface area contributed by atoms with E-state index in [1.165, 1.54) is 24.3 Å². The van der Waals surface area contributed by atoms with Crippen LogP contribution in [-0.4, -0.2) is 75.1 Å². The number of carboxylic acid groups (broad SMARTS) is 2. The Morgan fingerprint density at radius 3 is 1.89 bits per heavy atom. The quantitative estimate of drug-likeness (QED) is 0.122. The topological polar surface area (TPSA) is 251 Å². The van der Waals surface area contributed by atoms with Gasteiger partial charge in [-0.05, 0) is 36.5 Å². The Labute approximate surface area is 219 Å². The van der Waals surface area contributed by atoms with Crippen molar-refractivity contribution in [2.75, 3.05) is 0 Å². The van der Waals surface area contributed by atoms with Gasteiger partial charge in [-0.3, -0.25) is 24.0 Å². The number of carbonyl (C=O) groups is 6. The summed E-state index contributed by atoms with van der Waals surface area (Å²) < 4.78 is 0. The van der Waals surface area contributed by atoms with Gasteiger partial charge in [0.05, 0.1) is 6.04 Å². The van der Waals surface area contributed by atoms with Gasteiger partial charge in [-0.15, -0.1) is 0 Å². The van der Waals surface area contributed by atoms with Gasteiger partial charge in [-0.2, -0.15) is 0 Å². The molecular formula is C24H35N5O9. The second-order valence-corrected chi connectivity index (χ2v) is 9.11. The van der Waals surface area contributed by atoms with Gasteiger partial charge in [0.1, 0.15) is 23.9 Å². The van der Waals surface area contributed by atoms with Crippen molar-refractivity contribution in [3.8, 4) is 5.75 Å². The molecule has 210 valence electrons. The summed E-state index contributed by atoms with van der Waals surface area (Å²) in [5.74, 6) is -6.20. The van der Waals surface area contributed by atoms with Gasteiger partial charge in [0.25, 0.3) is 0 Å². The number of hydrogen-bond donors (Lipinski definition) is 8. The Morgan fingerprint density at radius 2 is 1.39 bits per heavy atom. The Balaban J connectivity index is 3.00. The maximum atomic E-state index is 13.0. The van der Waals surface area contributed by atoms with Crippen LogP contribution in [0.3, 0.4) is 0 Å². The summed E-state index contributed by atoms with van der Waals surface area (Å²) in [4.78, 5) is 72.2. The van der Waals surface area contributed by atoms with Crippen LogP contribution in [0.4, 0.5) is 0 Å². The van der Waals surface area contributed by atoms with E-state index in [1.54, 1.807) is 13.8 Å². The molecule has 0 fully saturated rings. The molecule has 0 saturated carbocycles. The highest BCUT2D eigenvalue weighted by atomic mass is 16.4. The maximum Gasteiger partial charge on any atom is 0.326 e. The molecule has 14 nitrogen and oxygen atoms in total. The van der Waals surface area contributed by atoms with Crippen molar-refractivity contribution in [3.63, 3.8) is 0 Å². The van der Waals surface area contributed by atoms with Crippen LogP contribution in [0.1, 0.15) is 45.1 Å². The average Bonchev–Trinajstić information content (AvgIpc) is 2.83. The molecule has 4 amide bonds. The number of phenols is 1. The van der Waals surface area contributed by atoms with E-state index in [9.17, 15) is 39.0 Å². The summed E-state index contributed by atoms with van der Waals surface area (Å²) in [6.45, 7) is 3.23. The lowest BCUT2D eigenvalue weighted by atomic mass is 10.0. The number of nitrogens with one attached hydrogen (secondary N) is 3. The predicted octanol–water partition coefficient (Wildman–Crippen LogP) is -1.41. The minimum absolute atomic E-state index is 0.0199. The second-order valence-electron chi connectivity index (χ2n) is 9.11. The minimum Gasteiger partial charge on any atom is -0.508 e. The smallest absolute Gasteiger partial charge is 0.326 e. The van der Waals surface area contributed by atoms with Crippen LogP contribution >= 0.6 is 0 Å². The Hall–Kier alpha value is -4.20. The van der Waals surface area contributed by atoms with Gasteiger partial charge in [0, 0.05) is 19.3 Å². The number of phenolic OH excluding ortho intramolecular Hbond substituents is 1. The highest BCUT2D eigenvalue weighted by molar-refractivity contribution is 5.94. The average molecular weight is 538 g/mol. The number of hydrogen-bond acceptors (Lipinski definition) is 8. The van der Waals surface area contributed by atoms with Crippen LogP contribution in [-0.2, 0) is 35.2 Å². The third-order valence-electron chi connectivity index (χ3n) is 5.56. The molecule has 38 heavy (non-hydrogen) atoms. The van der Waals surface area contributed by atoms with Crippen LogP contribution in [0.25, 0.3) is 0 Å². The monoisotopic (exact) mass is 537 g/mol. The molecule has 10 N–H and O–H groups in total. The molecule has 1 aromatic rings. The molecule has 0 aliphatic rings. The molecule has 1 rings (SSSR count). The summed E-state index contributed by atoms with van der Waals surface area (Å²) in [6, 6.07) is 0.574. The molecule has 0 radical (unpaired) electrons. The molecule has 0 saturated heterocycles. The molecule has 0 heterocycles. The lowest BCUT2D eigenvalue weighted by molar-refractivity contribution is -0.142. The van der Waals surface area contributed by atoms with Gasteiger partial charge < -0.3 is 42.7 Å². The fourth-order valence-corrected chi connectivity index (χ4v) is 3.36. The van der Waals surface area contributed by atoms with Crippen molar-refractivity contribution >= 4 is 35.6 Å². The molecule has 4 atom stereocenters. The van der Waals surface area contributed by atoms with Crippen molar-refractivity contribution in [1.82, 2.24) is 16.0 Å². The van der Waals surface area contributed by atoms with Crippen LogP contribution < -0.4 is 27.4 Å². The highest BCUT2D eigenvalue weighted by Gasteiger charge is 2.32. The summed E-state index contributed by atoms with van der Waals surface area (Å²) in [6.07, 6.45) is -1.18. The predicted molar refractivity (Wildman–Crippen MR) is 133 cm³/mol. The number of rotatable bonds is 16. The number of benzene rings is 1. The van der Waals surface area contributed by atoms with Crippen molar-refractivity contribution in [2.45, 2.75) is 70.1 Å². The first-order valence-electron chi connectivity index (χ1n) is 11.9. The molecule has 0 bridgehead atoms. The van der Waals surface area contributed by atoms with E-state index >= 15 is 0 Å². The second kappa shape index (κ2) is 15.1. The van der Waals surface area contributed by atoms with Crippen molar-refractivity contribution < 1.29 is 44.1 Å². The van der Waals surface area contributed by atoms with E-state index in [0.717, 1.165) is 0 Å². The third kappa shape index (κ3) is 11.2. The maximum absolute atomic E-state index is 13.0. The number of nitrogens with two attached hydrogens (primary N) is 2. The molecule has 14 heteroatoms. The lowest BCUT2D eigenvalue weighted by Crippen LogP contribution is -2.58. The number of carbonyl (C=O) groups excluding carboxylic acids is 4. The zero-order valence-corrected chi connectivity index (χ0v) is 21.2. The van der Waals surface area contributed by atoms with Gasteiger partial charge in [-0.1, -0.05) is 26.0 Å². The molecule has 0 spiro atoms. The van der Waals surface area contributed by atoms with Crippen LogP contribution in [0.15, 0.2) is 24.3 Å². The van der Waals surface area contributed by atoms with Crippen molar-refractivity contribution in [3.05, 3.63) is 29.8 Å². The van der Waals surface area contributed by atoms with Crippen LogP contribution in [0.2, 0.25) is 0 Å². The number of aromatic hydroxyl groups is 1. The Bertz CT molecular complexity index is 1010. The minimum atomic E-state index is -1.40. The largest absolute Gasteiger partial charge is 0.508 e.